The molecule has 19 heavy (non-hydrogen) atoms. The number of aliphatic hydroxyl groups is 2. The molecule has 0 aliphatic heterocycles. The molecule has 0 bridgehead atoms. The van der Waals surface area contributed by atoms with Gasteiger partial charge in [0, 0.05) is 18.3 Å². The molecule has 3 atom stereocenters. The summed E-state index contributed by atoms with van der Waals surface area (Å²) < 4.78 is 0. The Hall–Kier alpha value is -1.72. The van der Waals surface area contributed by atoms with E-state index in [2.05, 4.69) is 15.0 Å². The number of aromatic nitrogens is 3. The summed E-state index contributed by atoms with van der Waals surface area (Å²) in [6, 6.07) is 5.44. The van der Waals surface area contributed by atoms with Gasteiger partial charge in [-0.15, -0.1) is 0 Å². The normalized spacial score (nSPS) is 28.4. The molecule has 1 aliphatic carbocycles. The molecule has 5 nitrogen and oxygen atoms in total. The van der Waals surface area contributed by atoms with Crippen molar-refractivity contribution in [2.45, 2.75) is 31.0 Å². The van der Waals surface area contributed by atoms with Gasteiger partial charge in [-0.3, -0.25) is 4.98 Å². The van der Waals surface area contributed by atoms with E-state index >= 15 is 0 Å². The van der Waals surface area contributed by atoms with E-state index < -0.39 is 11.7 Å². The lowest BCUT2D eigenvalue weighted by Gasteiger charge is -2.31. The number of aromatic amines is 1. The van der Waals surface area contributed by atoms with Gasteiger partial charge in [-0.05, 0) is 31.4 Å². The fourth-order valence-corrected chi connectivity index (χ4v) is 3.01. The standard InChI is InChI=1S/C14H17N3O2/c18-13(11-5-1-2-7-16-11)10-4-3-6-14(10,19)12-8-15-9-17-12/h1-2,5,7-10,13,18-19H,3-4,6H2,(H,15,17). The molecule has 2 aromatic heterocycles. The number of aliphatic hydroxyl groups excluding tert-OH is 1. The first-order valence-corrected chi connectivity index (χ1v) is 6.52. The number of hydrogen-bond acceptors (Lipinski definition) is 4. The minimum atomic E-state index is -1.07. The Kier molecular flexibility index (Phi) is 3.08. The Labute approximate surface area is 111 Å². The van der Waals surface area contributed by atoms with Crippen LogP contribution in [-0.4, -0.2) is 25.2 Å². The topological polar surface area (TPSA) is 82.0 Å². The Balaban J connectivity index is 1.92. The molecule has 1 fully saturated rings. The molecule has 3 rings (SSSR count). The first kappa shape index (κ1) is 12.3. The van der Waals surface area contributed by atoms with Gasteiger partial charge in [-0.25, -0.2) is 4.98 Å². The highest BCUT2D eigenvalue weighted by molar-refractivity contribution is 5.17. The van der Waals surface area contributed by atoms with E-state index in [-0.39, 0.29) is 5.92 Å². The highest BCUT2D eigenvalue weighted by Gasteiger charge is 2.48. The van der Waals surface area contributed by atoms with Crippen LogP contribution in [0.2, 0.25) is 0 Å². The van der Waals surface area contributed by atoms with Crippen molar-refractivity contribution in [3.05, 3.63) is 48.3 Å². The molecule has 0 radical (unpaired) electrons. The molecular weight excluding hydrogens is 242 g/mol. The molecule has 2 aromatic rings. The lowest BCUT2D eigenvalue weighted by Crippen LogP contribution is -2.34. The van der Waals surface area contributed by atoms with Gasteiger partial charge in [0.2, 0.25) is 0 Å². The zero-order chi connectivity index (χ0) is 13.3. The van der Waals surface area contributed by atoms with Crippen LogP contribution in [0.1, 0.15) is 36.8 Å². The fourth-order valence-electron chi connectivity index (χ4n) is 3.01. The molecule has 100 valence electrons. The van der Waals surface area contributed by atoms with Gasteiger partial charge >= 0.3 is 0 Å². The molecule has 0 spiro atoms. The lowest BCUT2D eigenvalue weighted by molar-refractivity contribution is -0.0620. The molecule has 1 aliphatic rings. The van der Waals surface area contributed by atoms with Gasteiger partial charge in [0.05, 0.1) is 17.7 Å². The van der Waals surface area contributed by atoms with Crippen molar-refractivity contribution in [2.75, 3.05) is 0 Å². The molecule has 0 aromatic carbocycles. The van der Waals surface area contributed by atoms with Crippen molar-refractivity contribution >= 4 is 0 Å². The van der Waals surface area contributed by atoms with Crippen LogP contribution >= 0.6 is 0 Å². The molecule has 2 heterocycles. The molecule has 0 amide bonds. The summed E-state index contributed by atoms with van der Waals surface area (Å²) in [5.41, 5.74) is 0.130. The summed E-state index contributed by atoms with van der Waals surface area (Å²) in [5.74, 6) is -0.273. The second kappa shape index (κ2) is 4.75. The molecule has 3 N–H and O–H groups in total. The van der Waals surface area contributed by atoms with E-state index in [1.165, 1.54) is 0 Å². The van der Waals surface area contributed by atoms with E-state index in [0.717, 1.165) is 12.8 Å². The molecule has 1 saturated carbocycles. The zero-order valence-electron chi connectivity index (χ0n) is 10.5. The average Bonchev–Trinajstić information content (AvgIpc) is 3.09. The van der Waals surface area contributed by atoms with Crippen LogP contribution in [0.25, 0.3) is 0 Å². The van der Waals surface area contributed by atoms with Crippen molar-refractivity contribution in [3.63, 3.8) is 0 Å². The predicted octanol–water partition coefficient (Wildman–Crippen LogP) is 1.53. The van der Waals surface area contributed by atoms with Gasteiger partial charge in [0.25, 0.3) is 0 Å². The molecule has 5 heteroatoms. The van der Waals surface area contributed by atoms with Crippen molar-refractivity contribution < 1.29 is 10.2 Å². The van der Waals surface area contributed by atoms with Crippen LogP contribution in [0.3, 0.4) is 0 Å². The van der Waals surface area contributed by atoms with Crippen LogP contribution in [0.15, 0.2) is 36.9 Å². The van der Waals surface area contributed by atoms with E-state index in [4.69, 9.17) is 0 Å². The monoisotopic (exact) mass is 259 g/mol. The number of H-pyrrole nitrogens is 1. The highest BCUT2D eigenvalue weighted by Crippen LogP contribution is 2.48. The van der Waals surface area contributed by atoms with E-state index in [1.54, 1.807) is 24.8 Å². The van der Waals surface area contributed by atoms with Gasteiger partial charge in [-0.2, -0.15) is 0 Å². The molecule has 0 saturated heterocycles. The Morgan fingerprint density at radius 2 is 2.26 bits per heavy atom. The third-order valence-electron chi connectivity index (χ3n) is 4.00. The molecular formula is C14H17N3O2. The molecule has 3 unspecified atom stereocenters. The largest absolute Gasteiger partial charge is 0.386 e. The van der Waals surface area contributed by atoms with Gasteiger partial charge < -0.3 is 15.2 Å². The maximum atomic E-state index is 10.9. The third kappa shape index (κ3) is 2.05. The van der Waals surface area contributed by atoms with Gasteiger partial charge in [0.1, 0.15) is 11.7 Å². The first-order chi connectivity index (χ1) is 9.22. The van der Waals surface area contributed by atoms with Crippen LogP contribution in [0.5, 0.6) is 0 Å². The summed E-state index contributed by atoms with van der Waals surface area (Å²) in [7, 11) is 0. The summed E-state index contributed by atoms with van der Waals surface area (Å²) >= 11 is 0. The predicted molar refractivity (Wildman–Crippen MR) is 69.0 cm³/mol. The second-order valence-electron chi connectivity index (χ2n) is 5.08. The average molecular weight is 259 g/mol. The van der Waals surface area contributed by atoms with Crippen molar-refractivity contribution in [1.29, 1.82) is 0 Å². The number of imidazole rings is 1. The van der Waals surface area contributed by atoms with Gasteiger partial charge in [0.15, 0.2) is 0 Å². The highest BCUT2D eigenvalue weighted by atomic mass is 16.3. The van der Waals surface area contributed by atoms with Crippen molar-refractivity contribution in [3.8, 4) is 0 Å². The minimum absolute atomic E-state index is 0.273. The van der Waals surface area contributed by atoms with Crippen LogP contribution in [0, 0.1) is 5.92 Å². The SMILES string of the molecule is OC(c1ccccn1)C1CCCC1(O)c1c[nH]cn1. The van der Waals surface area contributed by atoms with Crippen LogP contribution in [-0.2, 0) is 5.60 Å². The Bertz CT molecular complexity index is 529. The number of pyridine rings is 1. The number of rotatable bonds is 3. The summed E-state index contributed by atoms with van der Waals surface area (Å²) in [4.78, 5) is 11.2. The van der Waals surface area contributed by atoms with Crippen LogP contribution < -0.4 is 0 Å². The zero-order valence-corrected chi connectivity index (χ0v) is 10.5. The maximum absolute atomic E-state index is 10.9. The Morgan fingerprint density at radius 1 is 1.37 bits per heavy atom. The van der Waals surface area contributed by atoms with Gasteiger partial charge in [-0.1, -0.05) is 6.07 Å². The fraction of sp³-hybridized carbons (Fsp3) is 0.429. The summed E-state index contributed by atoms with van der Waals surface area (Å²) in [6.07, 6.45) is 6.39. The second-order valence-corrected chi connectivity index (χ2v) is 5.08. The quantitative estimate of drug-likeness (QED) is 0.780. The summed E-state index contributed by atoms with van der Waals surface area (Å²) in [6.45, 7) is 0. The number of hydrogen-bond donors (Lipinski definition) is 3. The third-order valence-corrected chi connectivity index (χ3v) is 4.00. The lowest BCUT2D eigenvalue weighted by atomic mass is 9.83. The Morgan fingerprint density at radius 3 is 2.95 bits per heavy atom. The van der Waals surface area contributed by atoms with Crippen LogP contribution in [0.4, 0.5) is 0 Å². The minimum Gasteiger partial charge on any atom is -0.386 e. The van der Waals surface area contributed by atoms with E-state index in [1.807, 2.05) is 12.1 Å². The number of nitrogens with one attached hydrogen (secondary N) is 1. The smallest absolute Gasteiger partial charge is 0.114 e. The van der Waals surface area contributed by atoms with E-state index in [0.29, 0.717) is 17.8 Å². The summed E-state index contributed by atoms with van der Waals surface area (Å²) in [5, 5.41) is 21.4. The van der Waals surface area contributed by atoms with E-state index in [9.17, 15) is 10.2 Å². The number of nitrogens with zero attached hydrogens (tertiary/aromatic N) is 2. The first-order valence-electron chi connectivity index (χ1n) is 6.52. The van der Waals surface area contributed by atoms with Crippen molar-refractivity contribution in [2.24, 2.45) is 5.92 Å². The van der Waals surface area contributed by atoms with Crippen molar-refractivity contribution in [1.82, 2.24) is 15.0 Å². The maximum Gasteiger partial charge on any atom is 0.114 e.